The maximum absolute atomic E-state index is 8.69. The van der Waals surface area contributed by atoms with Crippen LogP contribution in [0.25, 0.3) is 0 Å². The van der Waals surface area contributed by atoms with Gasteiger partial charge in [-0.3, -0.25) is 0 Å². The van der Waals surface area contributed by atoms with Crippen molar-refractivity contribution in [2.45, 2.75) is 12.5 Å². The molecule has 3 nitrogen and oxygen atoms in total. The number of rotatable bonds is 1. The summed E-state index contributed by atoms with van der Waals surface area (Å²) in [5.41, 5.74) is 1.84. The predicted molar refractivity (Wildman–Crippen MR) is 57.3 cm³/mol. The van der Waals surface area contributed by atoms with Gasteiger partial charge in [0.05, 0.1) is 17.7 Å². The molecule has 0 aliphatic carbocycles. The Balaban J connectivity index is 2.10. The molecule has 0 amide bonds. The molecule has 1 heterocycles. The third kappa shape index (κ3) is 2.56. The molecule has 0 radical (unpaired) electrons. The highest BCUT2D eigenvalue weighted by molar-refractivity contribution is 5.32. The van der Waals surface area contributed by atoms with Gasteiger partial charge in [0.25, 0.3) is 0 Å². The first-order chi connectivity index (χ1) is 7.40. The molecule has 1 saturated heterocycles. The van der Waals surface area contributed by atoms with Crippen molar-refractivity contribution in [3.05, 3.63) is 35.4 Å². The summed E-state index contributed by atoms with van der Waals surface area (Å²) in [7, 11) is 0. The van der Waals surface area contributed by atoms with Crippen LogP contribution in [0.2, 0.25) is 0 Å². The molecular formula is C12H14N2O. The minimum absolute atomic E-state index is 0.125. The van der Waals surface area contributed by atoms with Crippen molar-refractivity contribution in [1.82, 2.24) is 5.32 Å². The second-order valence-electron chi connectivity index (χ2n) is 3.65. The average Bonchev–Trinajstić information content (AvgIpc) is 2.58. The number of nitriles is 1. The van der Waals surface area contributed by atoms with Gasteiger partial charge in [0.2, 0.25) is 0 Å². The summed E-state index contributed by atoms with van der Waals surface area (Å²) in [6.07, 6.45) is 1.19. The zero-order chi connectivity index (χ0) is 10.5. The number of benzene rings is 1. The van der Waals surface area contributed by atoms with Gasteiger partial charge >= 0.3 is 0 Å². The van der Waals surface area contributed by atoms with Crippen molar-refractivity contribution in [1.29, 1.82) is 5.26 Å². The van der Waals surface area contributed by atoms with Gasteiger partial charge in [-0.1, -0.05) is 12.1 Å². The van der Waals surface area contributed by atoms with Crippen molar-refractivity contribution < 1.29 is 4.74 Å². The highest BCUT2D eigenvalue weighted by atomic mass is 16.5. The molecular weight excluding hydrogens is 188 g/mol. The van der Waals surface area contributed by atoms with Crippen LogP contribution in [0.15, 0.2) is 24.3 Å². The van der Waals surface area contributed by atoms with Gasteiger partial charge in [-0.25, -0.2) is 0 Å². The van der Waals surface area contributed by atoms with Crippen LogP contribution in [0.1, 0.15) is 23.7 Å². The number of hydrogen-bond donors (Lipinski definition) is 1. The second kappa shape index (κ2) is 4.92. The summed E-state index contributed by atoms with van der Waals surface area (Å²) in [5, 5.41) is 12.0. The Bertz CT molecular complexity index is 345. The molecule has 0 aromatic heterocycles. The number of nitrogens with one attached hydrogen (secondary N) is 1. The summed E-state index contributed by atoms with van der Waals surface area (Å²) in [4.78, 5) is 0. The molecule has 1 aliphatic rings. The molecule has 2 rings (SSSR count). The molecule has 1 fully saturated rings. The van der Waals surface area contributed by atoms with Crippen LogP contribution < -0.4 is 5.32 Å². The fourth-order valence-corrected chi connectivity index (χ4v) is 1.70. The van der Waals surface area contributed by atoms with Crippen molar-refractivity contribution >= 4 is 0 Å². The zero-order valence-corrected chi connectivity index (χ0v) is 8.57. The Morgan fingerprint density at radius 1 is 1.33 bits per heavy atom. The topological polar surface area (TPSA) is 45.0 Å². The van der Waals surface area contributed by atoms with Crippen LogP contribution in [-0.4, -0.2) is 19.7 Å². The van der Waals surface area contributed by atoms with Crippen molar-refractivity contribution in [2.75, 3.05) is 19.7 Å². The lowest BCUT2D eigenvalue weighted by Gasteiger charge is -2.15. The average molecular weight is 202 g/mol. The van der Waals surface area contributed by atoms with Gasteiger partial charge < -0.3 is 10.1 Å². The van der Waals surface area contributed by atoms with Crippen LogP contribution in [0, 0.1) is 11.3 Å². The number of ether oxygens (including phenoxy) is 1. The monoisotopic (exact) mass is 202 g/mol. The fourth-order valence-electron chi connectivity index (χ4n) is 1.70. The Morgan fingerprint density at radius 3 is 2.87 bits per heavy atom. The molecule has 78 valence electrons. The molecule has 0 saturated carbocycles. The largest absolute Gasteiger partial charge is 0.372 e. The molecule has 1 aromatic carbocycles. The van der Waals surface area contributed by atoms with Crippen molar-refractivity contribution in [3.63, 3.8) is 0 Å². The third-order valence-electron chi connectivity index (χ3n) is 2.56. The van der Waals surface area contributed by atoms with E-state index in [1.165, 1.54) is 0 Å². The molecule has 3 heteroatoms. The van der Waals surface area contributed by atoms with Crippen molar-refractivity contribution in [2.24, 2.45) is 0 Å². The summed E-state index contributed by atoms with van der Waals surface area (Å²) < 4.78 is 5.72. The molecule has 0 spiro atoms. The van der Waals surface area contributed by atoms with E-state index in [0.717, 1.165) is 31.7 Å². The summed E-state index contributed by atoms with van der Waals surface area (Å²) in [5.74, 6) is 0. The number of nitrogens with zero attached hydrogens (tertiary/aromatic N) is 1. The van der Waals surface area contributed by atoms with Crippen LogP contribution in [-0.2, 0) is 4.74 Å². The van der Waals surface area contributed by atoms with Gasteiger partial charge in [0, 0.05) is 13.2 Å². The van der Waals surface area contributed by atoms with E-state index in [1.807, 2.05) is 24.3 Å². The molecule has 1 unspecified atom stereocenters. The van der Waals surface area contributed by atoms with E-state index < -0.39 is 0 Å². The Morgan fingerprint density at radius 2 is 2.13 bits per heavy atom. The fraction of sp³-hybridized carbons (Fsp3) is 0.417. The number of hydrogen-bond acceptors (Lipinski definition) is 3. The van der Waals surface area contributed by atoms with Crippen LogP contribution >= 0.6 is 0 Å². The van der Waals surface area contributed by atoms with Crippen LogP contribution in [0.4, 0.5) is 0 Å². The highest BCUT2D eigenvalue weighted by Crippen LogP contribution is 2.18. The Hall–Kier alpha value is -1.37. The van der Waals surface area contributed by atoms with Crippen LogP contribution in [0.5, 0.6) is 0 Å². The zero-order valence-electron chi connectivity index (χ0n) is 8.57. The first-order valence-corrected chi connectivity index (χ1v) is 5.22. The molecule has 1 atom stereocenters. The van der Waals surface area contributed by atoms with Crippen LogP contribution in [0.3, 0.4) is 0 Å². The normalized spacial score (nSPS) is 21.7. The van der Waals surface area contributed by atoms with Gasteiger partial charge in [-0.05, 0) is 30.7 Å². The van der Waals surface area contributed by atoms with E-state index >= 15 is 0 Å². The van der Waals surface area contributed by atoms with E-state index in [-0.39, 0.29) is 6.10 Å². The Kier molecular flexibility index (Phi) is 3.33. The molecule has 15 heavy (non-hydrogen) atoms. The van der Waals surface area contributed by atoms with Crippen molar-refractivity contribution in [3.8, 4) is 6.07 Å². The lowest BCUT2D eigenvalue weighted by Crippen LogP contribution is -2.20. The third-order valence-corrected chi connectivity index (χ3v) is 2.56. The molecule has 1 N–H and O–H groups in total. The molecule has 1 aliphatic heterocycles. The van der Waals surface area contributed by atoms with E-state index in [2.05, 4.69) is 11.4 Å². The lowest BCUT2D eigenvalue weighted by atomic mass is 10.1. The highest BCUT2D eigenvalue weighted by Gasteiger charge is 2.13. The SMILES string of the molecule is N#Cc1ccc(C2CNCCCO2)cc1. The molecule has 1 aromatic rings. The van der Waals surface area contributed by atoms with Gasteiger partial charge in [-0.2, -0.15) is 5.26 Å². The van der Waals surface area contributed by atoms with Gasteiger partial charge in [0.1, 0.15) is 0 Å². The van der Waals surface area contributed by atoms with Gasteiger partial charge in [-0.15, -0.1) is 0 Å². The predicted octanol–water partition coefficient (Wildman–Crippen LogP) is 1.61. The Labute approximate surface area is 89.7 Å². The van der Waals surface area contributed by atoms with E-state index in [1.54, 1.807) is 0 Å². The minimum atomic E-state index is 0.125. The quantitative estimate of drug-likeness (QED) is 0.752. The first-order valence-electron chi connectivity index (χ1n) is 5.22. The summed E-state index contributed by atoms with van der Waals surface area (Å²) in [6.45, 7) is 2.68. The maximum Gasteiger partial charge on any atom is 0.0991 e. The second-order valence-corrected chi connectivity index (χ2v) is 3.65. The maximum atomic E-state index is 8.69. The van der Waals surface area contributed by atoms with E-state index in [9.17, 15) is 0 Å². The van der Waals surface area contributed by atoms with Gasteiger partial charge in [0.15, 0.2) is 0 Å². The minimum Gasteiger partial charge on any atom is -0.372 e. The standard InChI is InChI=1S/C12H14N2O/c13-8-10-2-4-11(5-3-10)12-9-14-6-1-7-15-12/h2-5,12,14H,1,6-7,9H2. The lowest BCUT2D eigenvalue weighted by molar-refractivity contribution is 0.0669. The van der Waals surface area contributed by atoms with E-state index in [4.69, 9.17) is 10.00 Å². The van der Waals surface area contributed by atoms with E-state index in [0.29, 0.717) is 5.56 Å². The first kappa shape index (κ1) is 10.2. The summed E-state index contributed by atoms with van der Waals surface area (Å²) in [6, 6.07) is 9.72. The smallest absolute Gasteiger partial charge is 0.0991 e. The summed E-state index contributed by atoms with van der Waals surface area (Å²) >= 11 is 0. The molecule has 0 bridgehead atoms.